The fourth-order valence-corrected chi connectivity index (χ4v) is 11.9. The van der Waals surface area contributed by atoms with E-state index in [1.54, 1.807) is 0 Å². The first-order valence-electron chi connectivity index (χ1n) is 23.0. The van der Waals surface area contributed by atoms with Gasteiger partial charge in [0.2, 0.25) is 0 Å². The lowest BCUT2D eigenvalue weighted by Gasteiger charge is -2.31. The standard InChI is InChI=1S/C48H45B15/c49-34-27-25(23-14-13-22(19-10-4-5-11-20(19)23)24-15-16-7-1-2-8-17(16)18-9-3-6-12-21(18)24)28-30(38(53)46(61)44(59)35(28)50)26(29(27)37(52)45(60)43(34)58)31-32-33(40(55)42(57)36(31)51)41(56)48(63)47(62)39(32)54/h1-15H,49-63H2. The van der Waals surface area contributed by atoms with Crippen LogP contribution in [-0.4, -0.2) is 118 Å². The molecule has 0 aliphatic heterocycles. The van der Waals surface area contributed by atoms with E-state index in [1.165, 1.54) is 180 Å². The molecule has 0 heterocycles. The molecule has 0 amide bonds. The molecule has 0 aliphatic carbocycles. The fraction of sp³-hybridized carbons (Fsp3) is 0. The highest BCUT2D eigenvalue weighted by atomic mass is 14.3. The van der Waals surface area contributed by atoms with Crippen molar-refractivity contribution in [3.63, 3.8) is 0 Å². The van der Waals surface area contributed by atoms with E-state index in [2.05, 4.69) is 209 Å². The summed E-state index contributed by atoms with van der Waals surface area (Å²) in [5, 5.41) is 16.2. The van der Waals surface area contributed by atoms with Crippen LogP contribution in [0.4, 0.5) is 0 Å². The number of hydrogen-bond acceptors (Lipinski definition) is 0. The van der Waals surface area contributed by atoms with E-state index in [0.717, 1.165) is 0 Å². The van der Waals surface area contributed by atoms with Gasteiger partial charge in [0, 0.05) is 0 Å². The molecule has 0 radical (unpaired) electrons. The number of rotatable bonds is 3. The van der Waals surface area contributed by atoms with Gasteiger partial charge >= 0.3 is 0 Å². The molecule has 10 rings (SSSR count). The third-order valence-corrected chi connectivity index (χ3v) is 16.7. The first-order chi connectivity index (χ1) is 30.1. The van der Waals surface area contributed by atoms with Crippen LogP contribution in [-0.2, 0) is 0 Å². The van der Waals surface area contributed by atoms with Crippen molar-refractivity contribution in [2.24, 2.45) is 0 Å². The molecule has 63 heavy (non-hydrogen) atoms. The summed E-state index contributed by atoms with van der Waals surface area (Å²) < 4.78 is 0. The second-order valence-electron chi connectivity index (χ2n) is 19.1. The molecule has 0 N–H and O–H groups in total. The molecule has 10 aromatic rings. The maximum atomic E-state index is 2.47. The van der Waals surface area contributed by atoms with Gasteiger partial charge in [0.05, 0.1) is 0 Å². The van der Waals surface area contributed by atoms with E-state index in [1.807, 2.05) is 0 Å². The Kier molecular flexibility index (Phi) is 9.87. The molecule has 0 unspecified atom stereocenters. The van der Waals surface area contributed by atoms with Gasteiger partial charge in [-0.1, -0.05) is 129 Å². The Bertz CT molecular complexity index is 3660. The van der Waals surface area contributed by atoms with E-state index in [0.29, 0.717) is 0 Å². The maximum Gasteiger partial charge on any atom is 0.139 e. The Balaban J connectivity index is 1.47. The van der Waals surface area contributed by atoms with Gasteiger partial charge in [-0.3, -0.25) is 0 Å². The lowest BCUT2D eigenvalue weighted by atomic mass is 9.56. The summed E-state index contributed by atoms with van der Waals surface area (Å²) in [6, 6.07) is 34.3. The number of benzene rings is 10. The van der Waals surface area contributed by atoms with Crippen LogP contribution < -0.4 is 81.9 Å². The molecule has 0 aromatic heterocycles. The molecule has 0 bridgehead atoms. The van der Waals surface area contributed by atoms with E-state index < -0.39 is 0 Å². The first kappa shape index (κ1) is 41.7. The van der Waals surface area contributed by atoms with Crippen LogP contribution in [0.5, 0.6) is 0 Å². The molecule has 10 aromatic carbocycles. The zero-order valence-corrected chi connectivity index (χ0v) is 40.2. The highest BCUT2D eigenvalue weighted by Gasteiger charge is 2.29. The monoisotopic (exact) mass is 786 g/mol. The third kappa shape index (κ3) is 5.70. The molecule has 0 atom stereocenters. The van der Waals surface area contributed by atoms with E-state index in [4.69, 9.17) is 0 Å². The molecule has 15 heteroatoms. The lowest BCUT2D eigenvalue weighted by molar-refractivity contribution is 1.69. The molecule has 0 saturated carbocycles. The van der Waals surface area contributed by atoms with E-state index in [-0.39, 0.29) is 0 Å². The summed E-state index contributed by atoms with van der Waals surface area (Å²) in [5.74, 6) is 0. The molecule has 0 nitrogen and oxygen atoms in total. The van der Waals surface area contributed by atoms with Gasteiger partial charge in [0.25, 0.3) is 0 Å². The maximum absolute atomic E-state index is 2.47. The highest BCUT2D eigenvalue weighted by Crippen LogP contribution is 2.46. The number of fused-ring (bicyclic) bond motifs is 7. The van der Waals surface area contributed by atoms with Crippen molar-refractivity contribution in [2.75, 3.05) is 0 Å². The quantitative estimate of drug-likeness (QED) is 0.0951. The van der Waals surface area contributed by atoms with Crippen LogP contribution in [0.25, 0.3) is 98.0 Å². The second kappa shape index (κ2) is 14.9. The van der Waals surface area contributed by atoms with Crippen LogP contribution in [0.2, 0.25) is 0 Å². The van der Waals surface area contributed by atoms with Gasteiger partial charge in [0.1, 0.15) is 118 Å². The van der Waals surface area contributed by atoms with Gasteiger partial charge in [-0.2, -0.15) is 0 Å². The van der Waals surface area contributed by atoms with E-state index in [9.17, 15) is 0 Å². The summed E-state index contributed by atoms with van der Waals surface area (Å²) in [7, 11) is 35.6. The smallest absolute Gasteiger partial charge is 0.101 e. The summed E-state index contributed by atoms with van der Waals surface area (Å²) in [4.78, 5) is 0. The summed E-state index contributed by atoms with van der Waals surface area (Å²) in [6.45, 7) is 0. The molecule has 0 spiro atoms. The highest BCUT2D eigenvalue weighted by molar-refractivity contribution is 6.75. The van der Waals surface area contributed by atoms with Crippen LogP contribution in [0.3, 0.4) is 0 Å². The van der Waals surface area contributed by atoms with Crippen molar-refractivity contribution in [1.29, 1.82) is 0 Å². The third-order valence-electron chi connectivity index (χ3n) is 16.7. The zero-order chi connectivity index (χ0) is 44.7. The fourth-order valence-electron chi connectivity index (χ4n) is 11.9. The summed E-state index contributed by atoms with van der Waals surface area (Å²) in [5.41, 5.74) is 28.9. The SMILES string of the molecule is Bc1c(B)c(B)c2c(-c3c4c(B)c(B)c(B)c(B)c4c(-c4ccc(-c5cc6ccccc6c6ccccc56)c5ccccc45)c4c(B)c(B)c(B)c(B)c34)c(B)c(B)c(B)c2c1B. The molecule has 0 saturated heterocycles. The van der Waals surface area contributed by atoms with Crippen molar-refractivity contribution in [1.82, 2.24) is 0 Å². The topological polar surface area (TPSA) is 0 Å². The molecular formula is C48H45B15. The molecule has 0 aliphatic rings. The minimum atomic E-state index is 1.27. The van der Waals surface area contributed by atoms with Gasteiger partial charge in [-0.05, 0) is 104 Å². The van der Waals surface area contributed by atoms with Gasteiger partial charge in [-0.25, -0.2) is 0 Å². The van der Waals surface area contributed by atoms with Crippen molar-refractivity contribution < 1.29 is 0 Å². The summed E-state index contributed by atoms with van der Waals surface area (Å²) >= 11 is 0. The molecule has 282 valence electrons. The Hall–Kier alpha value is -5.27. The zero-order valence-electron chi connectivity index (χ0n) is 40.2. The van der Waals surface area contributed by atoms with Crippen molar-refractivity contribution in [2.45, 2.75) is 0 Å². The summed E-state index contributed by atoms with van der Waals surface area (Å²) in [6.07, 6.45) is 0. The normalized spacial score (nSPS) is 11.8. The molecular weight excluding hydrogens is 739 g/mol. The number of hydrogen-bond donors (Lipinski definition) is 0. The van der Waals surface area contributed by atoms with Gasteiger partial charge in [-0.15, -0.1) is 38.2 Å². The largest absolute Gasteiger partial charge is 0.139 e. The average Bonchev–Trinajstić information content (AvgIpc) is 3.30. The van der Waals surface area contributed by atoms with Crippen LogP contribution in [0.1, 0.15) is 0 Å². The minimum Gasteiger partial charge on any atom is -0.101 e. The van der Waals surface area contributed by atoms with Crippen LogP contribution >= 0.6 is 0 Å². The predicted octanol–water partition coefficient (Wildman–Crippen LogP) is -12.5. The van der Waals surface area contributed by atoms with Gasteiger partial charge in [0.15, 0.2) is 0 Å². The van der Waals surface area contributed by atoms with Crippen LogP contribution in [0, 0.1) is 0 Å². The Morgan fingerprint density at radius 3 is 1.00 bits per heavy atom. The molecule has 0 fully saturated rings. The Morgan fingerprint density at radius 2 is 0.524 bits per heavy atom. The Labute approximate surface area is 386 Å². The Morgan fingerprint density at radius 1 is 0.206 bits per heavy atom. The van der Waals surface area contributed by atoms with E-state index >= 15 is 0 Å². The second-order valence-corrected chi connectivity index (χ2v) is 19.1. The van der Waals surface area contributed by atoms with Crippen molar-refractivity contribution in [3.05, 3.63) is 91.0 Å². The lowest BCUT2D eigenvalue weighted by Crippen LogP contribution is -2.53. The predicted molar refractivity (Wildman–Crippen MR) is 330 cm³/mol. The van der Waals surface area contributed by atoms with Crippen LogP contribution in [0.15, 0.2) is 91.0 Å². The average molecular weight is 784 g/mol. The van der Waals surface area contributed by atoms with Gasteiger partial charge < -0.3 is 0 Å². The van der Waals surface area contributed by atoms with Crippen molar-refractivity contribution in [3.8, 4) is 33.4 Å². The van der Waals surface area contributed by atoms with Crippen molar-refractivity contribution >= 4 is 264 Å². The minimum absolute atomic E-state index is 1.27. The first-order valence-corrected chi connectivity index (χ1v) is 23.0.